The van der Waals surface area contributed by atoms with Gasteiger partial charge in [-0.25, -0.2) is 9.59 Å². The molecule has 0 unspecified atom stereocenters. The van der Waals surface area contributed by atoms with Gasteiger partial charge < -0.3 is 19.3 Å². The van der Waals surface area contributed by atoms with Crippen molar-refractivity contribution in [1.29, 1.82) is 0 Å². The van der Waals surface area contributed by atoms with E-state index < -0.39 is 23.5 Å². The predicted octanol–water partition coefficient (Wildman–Crippen LogP) is 3.77. The molecule has 0 radical (unpaired) electrons. The first-order chi connectivity index (χ1) is 13.7. The minimum absolute atomic E-state index is 0.0106. The van der Waals surface area contributed by atoms with Crippen LogP contribution in [0, 0.1) is 20.8 Å². The van der Waals surface area contributed by atoms with Gasteiger partial charge in [0.2, 0.25) is 5.91 Å². The number of carboxylic acids is 1. The summed E-state index contributed by atoms with van der Waals surface area (Å²) < 4.78 is 11.2. The van der Waals surface area contributed by atoms with Crippen molar-refractivity contribution in [3.05, 3.63) is 45.0 Å². The molecule has 3 aromatic rings. The van der Waals surface area contributed by atoms with Crippen LogP contribution in [-0.2, 0) is 16.0 Å². The summed E-state index contributed by atoms with van der Waals surface area (Å²) >= 11 is 0. The zero-order valence-electron chi connectivity index (χ0n) is 17.0. The molecule has 0 bridgehead atoms. The molecule has 7 nitrogen and oxygen atoms in total. The van der Waals surface area contributed by atoms with E-state index in [0.29, 0.717) is 29.6 Å². The molecule has 1 atom stereocenters. The molecule has 7 heteroatoms. The van der Waals surface area contributed by atoms with E-state index in [2.05, 4.69) is 5.32 Å². The van der Waals surface area contributed by atoms with Crippen LogP contribution >= 0.6 is 0 Å². The molecular weight excluding hydrogens is 374 g/mol. The van der Waals surface area contributed by atoms with Crippen LogP contribution in [0.15, 0.2) is 25.8 Å². The zero-order chi connectivity index (χ0) is 21.3. The van der Waals surface area contributed by atoms with Crippen molar-refractivity contribution < 1.29 is 23.5 Å². The third-order valence-electron chi connectivity index (χ3n) is 5.40. The van der Waals surface area contributed by atoms with Gasteiger partial charge in [-0.3, -0.25) is 4.79 Å². The maximum atomic E-state index is 12.5. The zero-order valence-corrected chi connectivity index (χ0v) is 17.0. The Morgan fingerprint density at radius 1 is 1.07 bits per heavy atom. The second kappa shape index (κ2) is 8.11. The van der Waals surface area contributed by atoms with E-state index in [1.54, 1.807) is 6.07 Å². The van der Waals surface area contributed by atoms with Crippen LogP contribution in [0.25, 0.3) is 21.9 Å². The summed E-state index contributed by atoms with van der Waals surface area (Å²) in [7, 11) is 0. The van der Waals surface area contributed by atoms with Gasteiger partial charge in [-0.1, -0.05) is 13.3 Å². The lowest BCUT2D eigenvalue weighted by Crippen LogP contribution is -2.40. The number of carbonyl (C=O) groups excluding carboxylic acids is 1. The Bertz CT molecular complexity index is 1150. The number of nitrogens with one attached hydrogen (secondary N) is 1. The molecule has 0 aliphatic rings. The summed E-state index contributed by atoms with van der Waals surface area (Å²) in [5, 5.41) is 13.4. The van der Waals surface area contributed by atoms with Crippen molar-refractivity contribution in [3.8, 4) is 0 Å². The van der Waals surface area contributed by atoms with Crippen molar-refractivity contribution in [2.75, 3.05) is 0 Å². The third kappa shape index (κ3) is 4.04. The molecule has 0 saturated carbocycles. The van der Waals surface area contributed by atoms with Gasteiger partial charge in [0, 0.05) is 28.8 Å². The third-order valence-corrected chi connectivity index (χ3v) is 5.40. The van der Waals surface area contributed by atoms with Crippen LogP contribution < -0.4 is 10.9 Å². The van der Waals surface area contributed by atoms with Crippen LogP contribution in [0.2, 0.25) is 0 Å². The molecule has 2 heterocycles. The van der Waals surface area contributed by atoms with Crippen LogP contribution in [0.5, 0.6) is 0 Å². The van der Waals surface area contributed by atoms with Crippen molar-refractivity contribution in [3.63, 3.8) is 0 Å². The average Bonchev–Trinajstić information content (AvgIpc) is 2.93. The van der Waals surface area contributed by atoms with E-state index >= 15 is 0 Å². The Morgan fingerprint density at radius 3 is 2.38 bits per heavy atom. The lowest BCUT2D eigenvalue weighted by atomic mass is 10.00. The number of hydrogen-bond acceptors (Lipinski definition) is 5. The van der Waals surface area contributed by atoms with Crippen molar-refractivity contribution >= 4 is 33.8 Å². The molecule has 0 fully saturated rings. The average molecular weight is 399 g/mol. The second-order valence-electron chi connectivity index (χ2n) is 7.37. The molecule has 0 spiro atoms. The first-order valence-electron chi connectivity index (χ1n) is 9.71. The highest BCUT2D eigenvalue weighted by Gasteiger charge is 2.20. The Balaban J connectivity index is 1.88. The first kappa shape index (κ1) is 20.6. The van der Waals surface area contributed by atoms with Gasteiger partial charge in [0.05, 0.1) is 0 Å². The number of aryl methyl sites for hydroxylation is 3. The van der Waals surface area contributed by atoms with Gasteiger partial charge in [-0.15, -0.1) is 0 Å². The maximum Gasteiger partial charge on any atom is 0.339 e. The lowest BCUT2D eigenvalue weighted by Gasteiger charge is -2.13. The van der Waals surface area contributed by atoms with Crippen LogP contribution in [-0.4, -0.2) is 23.0 Å². The van der Waals surface area contributed by atoms with E-state index in [1.807, 2.05) is 33.8 Å². The molecular formula is C22H25NO6. The van der Waals surface area contributed by atoms with Crippen molar-refractivity contribution in [2.24, 2.45) is 0 Å². The van der Waals surface area contributed by atoms with E-state index in [4.69, 9.17) is 13.9 Å². The molecule has 1 amide bonds. The SMILES string of the molecule is CCC[C@H](NC(=O)CCc1c(C)c2cc3c(C)c(C)oc3cc2oc1=O)C(=O)O. The highest BCUT2D eigenvalue weighted by atomic mass is 16.4. The minimum Gasteiger partial charge on any atom is -0.480 e. The van der Waals surface area contributed by atoms with Crippen molar-refractivity contribution in [1.82, 2.24) is 5.32 Å². The number of fused-ring (bicyclic) bond motifs is 2. The number of hydrogen-bond donors (Lipinski definition) is 2. The topological polar surface area (TPSA) is 110 Å². The monoisotopic (exact) mass is 399 g/mol. The first-order valence-corrected chi connectivity index (χ1v) is 9.71. The lowest BCUT2D eigenvalue weighted by molar-refractivity contribution is -0.142. The number of amides is 1. The van der Waals surface area contributed by atoms with E-state index in [-0.39, 0.29) is 12.8 Å². The number of furan rings is 1. The summed E-state index contributed by atoms with van der Waals surface area (Å²) in [5.74, 6) is -0.648. The molecule has 2 aromatic heterocycles. The standard InChI is InChI=1S/C22H25NO6/c1-5-6-17(21(25)26)23-20(24)8-7-14-12(3)16-9-15-11(2)13(4)28-18(15)10-19(16)29-22(14)27/h9-10,17H,5-8H2,1-4H3,(H,23,24)(H,25,26)/t17-/m0/s1. The molecule has 29 heavy (non-hydrogen) atoms. The molecule has 1 aromatic carbocycles. The number of carbonyl (C=O) groups is 2. The molecule has 2 N–H and O–H groups in total. The number of rotatable bonds is 7. The largest absolute Gasteiger partial charge is 0.480 e. The highest BCUT2D eigenvalue weighted by Crippen LogP contribution is 2.31. The summed E-state index contributed by atoms with van der Waals surface area (Å²) in [6.45, 7) is 7.54. The van der Waals surface area contributed by atoms with Gasteiger partial charge in [0.1, 0.15) is 23.0 Å². The summed E-state index contributed by atoms with van der Waals surface area (Å²) in [5.41, 5.74) is 2.82. The van der Waals surface area contributed by atoms with Gasteiger partial charge in [0.25, 0.3) is 0 Å². The van der Waals surface area contributed by atoms with Crippen LogP contribution in [0.4, 0.5) is 0 Å². The number of aliphatic carboxylic acids is 1. The molecule has 154 valence electrons. The predicted molar refractivity (Wildman–Crippen MR) is 109 cm³/mol. The second-order valence-corrected chi connectivity index (χ2v) is 7.37. The van der Waals surface area contributed by atoms with Crippen LogP contribution in [0.3, 0.4) is 0 Å². The summed E-state index contributed by atoms with van der Waals surface area (Å²) in [4.78, 5) is 35.9. The maximum absolute atomic E-state index is 12.5. The van der Waals surface area contributed by atoms with Gasteiger partial charge in [-0.05, 0) is 50.8 Å². The Morgan fingerprint density at radius 2 is 1.72 bits per heavy atom. The summed E-state index contributed by atoms with van der Waals surface area (Å²) in [6.07, 6.45) is 1.19. The van der Waals surface area contributed by atoms with Gasteiger partial charge >= 0.3 is 11.6 Å². The van der Waals surface area contributed by atoms with E-state index in [9.17, 15) is 14.4 Å². The number of benzene rings is 1. The number of carboxylic acid groups (broad SMARTS) is 1. The molecule has 0 aliphatic heterocycles. The van der Waals surface area contributed by atoms with E-state index in [0.717, 1.165) is 27.7 Å². The Labute approximate surface area is 167 Å². The fraction of sp³-hybridized carbons (Fsp3) is 0.409. The van der Waals surface area contributed by atoms with E-state index in [1.165, 1.54) is 0 Å². The van der Waals surface area contributed by atoms with Gasteiger partial charge in [0.15, 0.2) is 0 Å². The minimum atomic E-state index is -1.06. The fourth-order valence-electron chi connectivity index (χ4n) is 3.57. The Hall–Kier alpha value is -3.09. The van der Waals surface area contributed by atoms with Crippen molar-refractivity contribution in [2.45, 2.75) is 59.4 Å². The smallest absolute Gasteiger partial charge is 0.339 e. The highest BCUT2D eigenvalue weighted by molar-refractivity contribution is 5.96. The van der Waals surface area contributed by atoms with Gasteiger partial charge in [-0.2, -0.15) is 0 Å². The molecule has 0 aliphatic carbocycles. The summed E-state index contributed by atoms with van der Waals surface area (Å²) in [6, 6.07) is 2.75. The Kier molecular flexibility index (Phi) is 5.77. The molecule has 3 rings (SSSR count). The quantitative estimate of drug-likeness (QED) is 0.585. The normalized spacial score (nSPS) is 12.4. The van der Waals surface area contributed by atoms with Crippen LogP contribution in [0.1, 0.15) is 48.6 Å². The molecule has 0 saturated heterocycles. The fourth-order valence-corrected chi connectivity index (χ4v) is 3.57.